The molecule has 1 amide bonds. The predicted octanol–water partition coefficient (Wildman–Crippen LogP) is 3.43. The SMILES string of the molecule is COc1cc(CCC(=O)NCC2CCN(c3ccc(F)cc3)C2)cc(OC)c1OC. The van der Waals surface area contributed by atoms with E-state index >= 15 is 0 Å². The number of aryl methyl sites for hydroxylation is 1. The van der Waals surface area contributed by atoms with Crippen LogP contribution in [0.2, 0.25) is 0 Å². The molecule has 0 spiro atoms. The molecule has 1 heterocycles. The second-order valence-electron chi connectivity index (χ2n) is 7.41. The van der Waals surface area contributed by atoms with Gasteiger partial charge in [0.15, 0.2) is 11.5 Å². The van der Waals surface area contributed by atoms with E-state index in [1.807, 2.05) is 12.1 Å². The lowest BCUT2D eigenvalue weighted by Crippen LogP contribution is -2.31. The van der Waals surface area contributed by atoms with Crippen LogP contribution in [0.5, 0.6) is 17.2 Å². The van der Waals surface area contributed by atoms with Gasteiger partial charge in [-0.2, -0.15) is 0 Å². The molecule has 1 atom stereocenters. The second-order valence-corrected chi connectivity index (χ2v) is 7.41. The molecule has 2 aromatic carbocycles. The molecule has 0 radical (unpaired) electrons. The highest BCUT2D eigenvalue weighted by molar-refractivity contribution is 5.76. The molecule has 30 heavy (non-hydrogen) atoms. The summed E-state index contributed by atoms with van der Waals surface area (Å²) in [6.45, 7) is 2.42. The number of carbonyl (C=O) groups excluding carboxylic acids is 1. The second kappa shape index (κ2) is 10.2. The van der Waals surface area contributed by atoms with Crippen LogP contribution in [0.25, 0.3) is 0 Å². The molecule has 162 valence electrons. The van der Waals surface area contributed by atoms with Gasteiger partial charge >= 0.3 is 0 Å². The number of anilines is 1. The lowest BCUT2D eigenvalue weighted by Gasteiger charge is -2.19. The molecule has 1 fully saturated rings. The predicted molar refractivity (Wildman–Crippen MR) is 114 cm³/mol. The third kappa shape index (κ3) is 5.34. The van der Waals surface area contributed by atoms with E-state index in [9.17, 15) is 9.18 Å². The molecular weight excluding hydrogens is 387 g/mol. The number of hydrogen-bond donors (Lipinski definition) is 1. The maximum absolute atomic E-state index is 13.1. The summed E-state index contributed by atoms with van der Waals surface area (Å²) in [4.78, 5) is 14.6. The zero-order valence-corrected chi connectivity index (χ0v) is 17.7. The first kappa shape index (κ1) is 21.7. The van der Waals surface area contributed by atoms with Crippen molar-refractivity contribution in [3.05, 3.63) is 47.8 Å². The molecule has 3 rings (SSSR count). The zero-order chi connectivity index (χ0) is 21.5. The number of hydrogen-bond acceptors (Lipinski definition) is 5. The van der Waals surface area contributed by atoms with E-state index in [1.165, 1.54) is 12.1 Å². The largest absolute Gasteiger partial charge is 0.493 e. The maximum Gasteiger partial charge on any atom is 0.220 e. The molecular formula is C23H29FN2O4. The van der Waals surface area contributed by atoms with Crippen molar-refractivity contribution in [2.75, 3.05) is 45.9 Å². The Morgan fingerprint density at radius 1 is 1.10 bits per heavy atom. The van der Waals surface area contributed by atoms with Gasteiger partial charge in [0, 0.05) is 31.7 Å². The summed E-state index contributed by atoms with van der Waals surface area (Å²) in [5.41, 5.74) is 1.97. The van der Waals surface area contributed by atoms with Gasteiger partial charge in [-0.25, -0.2) is 4.39 Å². The Bertz CT molecular complexity index is 832. The number of carbonyl (C=O) groups is 1. The van der Waals surface area contributed by atoms with Gasteiger partial charge in [0.2, 0.25) is 11.7 Å². The van der Waals surface area contributed by atoms with Crippen LogP contribution in [-0.4, -0.2) is 46.9 Å². The Kier molecular flexibility index (Phi) is 7.38. The Morgan fingerprint density at radius 3 is 2.37 bits per heavy atom. The summed E-state index contributed by atoms with van der Waals surface area (Å²) in [6.07, 6.45) is 1.96. The number of nitrogens with zero attached hydrogens (tertiary/aromatic N) is 1. The molecule has 6 nitrogen and oxygen atoms in total. The first-order valence-electron chi connectivity index (χ1n) is 10.1. The third-order valence-electron chi connectivity index (χ3n) is 5.43. The van der Waals surface area contributed by atoms with Crippen LogP contribution < -0.4 is 24.4 Å². The van der Waals surface area contributed by atoms with Crippen LogP contribution in [-0.2, 0) is 11.2 Å². The number of halogens is 1. The van der Waals surface area contributed by atoms with E-state index in [1.54, 1.807) is 33.5 Å². The fourth-order valence-corrected chi connectivity index (χ4v) is 3.77. The lowest BCUT2D eigenvalue weighted by molar-refractivity contribution is -0.121. The minimum atomic E-state index is -0.228. The van der Waals surface area contributed by atoms with Gasteiger partial charge in [-0.3, -0.25) is 4.79 Å². The van der Waals surface area contributed by atoms with E-state index in [0.29, 0.717) is 42.6 Å². The van der Waals surface area contributed by atoms with Gasteiger partial charge in [0.05, 0.1) is 21.3 Å². The van der Waals surface area contributed by atoms with Crippen molar-refractivity contribution in [3.8, 4) is 17.2 Å². The van der Waals surface area contributed by atoms with Crippen LogP contribution in [0, 0.1) is 11.7 Å². The van der Waals surface area contributed by atoms with Crippen LogP contribution in [0.15, 0.2) is 36.4 Å². The fraction of sp³-hybridized carbons (Fsp3) is 0.435. The Labute approximate surface area is 176 Å². The molecule has 1 aliphatic heterocycles. The standard InChI is InChI=1S/C23H29FN2O4/c1-28-20-12-16(13-21(29-2)23(20)30-3)4-9-22(27)25-14-17-10-11-26(15-17)19-7-5-18(24)6-8-19/h5-8,12-13,17H,4,9-11,14-15H2,1-3H3,(H,25,27). The van der Waals surface area contributed by atoms with Crippen LogP contribution in [0.1, 0.15) is 18.4 Å². The van der Waals surface area contributed by atoms with Gasteiger partial charge in [-0.1, -0.05) is 0 Å². The topological polar surface area (TPSA) is 60.0 Å². The molecule has 0 aliphatic carbocycles. The summed E-state index contributed by atoms with van der Waals surface area (Å²) in [5.74, 6) is 1.89. The highest BCUT2D eigenvalue weighted by Gasteiger charge is 2.23. The van der Waals surface area contributed by atoms with E-state index in [4.69, 9.17) is 14.2 Å². The van der Waals surface area contributed by atoms with Crippen LogP contribution in [0.3, 0.4) is 0 Å². The van der Waals surface area contributed by atoms with Crippen molar-refractivity contribution in [3.63, 3.8) is 0 Å². The van der Waals surface area contributed by atoms with Crippen LogP contribution >= 0.6 is 0 Å². The first-order chi connectivity index (χ1) is 14.5. The zero-order valence-electron chi connectivity index (χ0n) is 17.7. The van der Waals surface area contributed by atoms with E-state index in [0.717, 1.165) is 30.8 Å². The Balaban J connectivity index is 1.47. The molecule has 0 aromatic heterocycles. The highest BCUT2D eigenvalue weighted by atomic mass is 19.1. The molecule has 1 saturated heterocycles. The van der Waals surface area contributed by atoms with Gasteiger partial charge in [0.1, 0.15) is 5.82 Å². The van der Waals surface area contributed by atoms with Gasteiger partial charge in [0.25, 0.3) is 0 Å². The van der Waals surface area contributed by atoms with Gasteiger partial charge in [-0.15, -0.1) is 0 Å². The fourth-order valence-electron chi connectivity index (χ4n) is 3.77. The average Bonchev–Trinajstić information content (AvgIpc) is 3.24. The van der Waals surface area contributed by atoms with E-state index < -0.39 is 0 Å². The number of ether oxygens (including phenoxy) is 3. The minimum Gasteiger partial charge on any atom is -0.493 e. The number of rotatable bonds is 9. The molecule has 0 bridgehead atoms. The first-order valence-corrected chi connectivity index (χ1v) is 10.1. The van der Waals surface area contributed by atoms with Crippen molar-refractivity contribution >= 4 is 11.6 Å². The minimum absolute atomic E-state index is 0.0176. The van der Waals surface area contributed by atoms with Crippen molar-refractivity contribution in [2.45, 2.75) is 19.3 Å². The summed E-state index contributed by atoms with van der Waals surface area (Å²) in [7, 11) is 4.71. The molecule has 1 N–H and O–H groups in total. The van der Waals surface area contributed by atoms with Gasteiger partial charge < -0.3 is 24.4 Å². The van der Waals surface area contributed by atoms with Gasteiger partial charge in [-0.05, 0) is 60.7 Å². The van der Waals surface area contributed by atoms with Crippen molar-refractivity contribution in [2.24, 2.45) is 5.92 Å². The van der Waals surface area contributed by atoms with E-state index in [-0.39, 0.29) is 11.7 Å². The van der Waals surface area contributed by atoms with E-state index in [2.05, 4.69) is 10.2 Å². The van der Waals surface area contributed by atoms with Crippen LogP contribution in [0.4, 0.5) is 10.1 Å². The lowest BCUT2D eigenvalue weighted by atomic mass is 10.1. The summed E-state index contributed by atoms with van der Waals surface area (Å²) < 4.78 is 29.1. The smallest absolute Gasteiger partial charge is 0.220 e. The Hall–Kier alpha value is -2.96. The van der Waals surface area contributed by atoms with Crippen molar-refractivity contribution in [1.82, 2.24) is 5.32 Å². The molecule has 2 aromatic rings. The number of benzene rings is 2. The number of nitrogens with one attached hydrogen (secondary N) is 1. The normalized spacial score (nSPS) is 15.7. The third-order valence-corrected chi connectivity index (χ3v) is 5.43. The average molecular weight is 416 g/mol. The molecule has 1 unspecified atom stereocenters. The summed E-state index contributed by atoms with van der Waals surface area (Å²) >= 11 is 0. The Morgan fingerprint density at radius 2 is 1.77 bits per heavy atom. The van der Waals surface area contributed by atoms with Crippen molar-refractivity contribution in [1.29, 1.82) is 0 Å². The number of methoxy groups -OCH3 is 3. The monoisotopic (exact) mass is 416 g/mol. The molecule has 0 saturated carbocycles. The molecule has 1 aliphatic rings. The highest BCUT2D eigenvalue weighted by Crippen LogP contribution is 2.38. The quantitative estimate of drug-likeness (QED) is 0.679. The summed E-state index contributed by atoms with van der Waals surface area (Å²) in [6, 6.07) is 10.3. The van der Waals surface area contributed by atoms with Crippen molar-refractivity contribution < 1.29 is 23.4 Å². The number of amides is 1. The maximum atomic E-state index is 13.1. The summed E-state index contributed by atoms with van der Waals surface area (Å²) in [5, 5.41) is 3.04. The molecule has 7 heteroatoms.